The molecule has 102 valence electrons. The summed E-state index contributed by atoms with van der Waals surface area (Å²) in [6.45, 7) is 7.46. The first kappa shape index (κ1) is 14.2. The van der Waals surface area contributed by atoms with Gasteiger partial charge in [0.1, 0.15) is 11.3 Å². The summed E-state index contributed by atoms with van der Waals surface area (Å²) in [5.41, 5.74) is 1.04. The van der Waals surface area contributed by atoms with Crippen molar-refractivity contribution in [3.8, 4) is 0 Å². The van der Waals surface area contributed by atoms with Crippen LogP contribution in [0.1, 0.15) is 33.0 Å². The molecule has 0 radical (unpaired) electrons. The number of furan rings is 1. The highest BCUT2D eigenvalue weighted by atomic mass is 35.5. The van der Waals surface area contributed by atoms with Crippen LogP contribution >= 0.6 is 11.6 Å². The molecule has 1 N–H and O–H groups in total. The van der Waals surface area contributed by atoms with Gasteiger partial charge >= 0.3 is 0 Å². The van der Waals surface area contributed by atoms with Gasteiger partial charge in [0.2, 0.25) is 0 Å². The average Bonchev–Trinajstić information content (AvgIpc) is 2.68. The number of halogens is 1. The third-order valence-electron chi connectivity index (χ3n) is 2.75. The Labute approximate surface area is 119 Å². The highest BCUT2D eigenvalue weighted by molar-refractivity contribution is 6.31. The normalized spacial score (nSPS) is 12.6. The Morgan fingerprint density at radius 1 is 1.26 bits per heavy atom. The molecule has 19 heavy (non-hydrogen) atoms. The third kappa shape index (κ3) is 4.41. The molecule has 3 heteroatoms. The number of rotatable bonds is 4. The first-order valence-corrected chi connectivity index (χ1v) is 6.92. The minimum absolute atomic E-state index is 0.171. The predicted molar refractivity (Wildman–Crippen MR) is 82.6 cm³/mol. The van der Waals surface area contributed by atoms with E-state index in [1.54, 1.807) is 0 Å². The van der Waals surface area contributed by atoms with Crippen molar-refractivity contribution in [2.75, 3.05) is 6.54 Å². The lowest BCUT2D eigenvalue weighted by Crippen LogP contribution is -2.36. The predicted octanol–water partition coefficient (Wildman–Crippen LogP) is 4.88. The lowest BCUT2D eigenvalue weighted by Gasteiger charge is -2.19. The smallest absolute Gasteiger partial charge is 0.134 e. The van der Waals surface area contributed by atoms with E-state index in [1.807, 2.05) is 30.3 Å². The fraction of sp³-hybridized carbons (Fsp3) is 0.375. The molecular weight excluding hydrogens is 258 g/mol. The summed E-state index contributed by atoms with van der Waals surface area (Å²) in [5.74, 6) is 0.869. The van der Waals surface area contributed by atoms with Gasteiger partial charge in [0.25, 0.3) is 0 Å². The second-order valence-corrected chi connectivity index (χ2v) is 6.14. The van der Waals surface area contributed by atoms with E-state index in [0.717, 1.165) is 34.7 Å². The van der Waals surface area contributed by atoms with Gasteiger partial charge in [-0.2, -0.15) is 0 Å². The van der Waals surface area contributed by atoms with E-state index in [9.17, 15) is 0 Å². The van der Waals surface area contributed by atoms with E-state index in [1.165, 1.54) is 0 Å². The molecule has 1 aromatic carbocycles. The van der Waals surface area contributed by atoms with Crippen molar-refractivity contribution in [1.29, 1.82) is 0 Å². The second-order valence-electron chi connectivity index (χ2n) is 5.70. The van der Waals surface area contributed by atoms with E-state index in [0.29, 0.717) is 0 Å². The van der Waals surface area contributed by atoms with Crippen molar-refractivity contribution in [2.45, 2.75) is 32.7 Å². The molecular formula is C16H20ClNO. The van der Waals surface area contributed by atoms with Crippen LogP contribution in [0.5, 0.6) is 0 Å². The fourth-order valence-corrected chi connectivity index (χ4v) is 2.03. The summed E-state index contributed by atoms with van der Waals surface area (Å²) in [4.78, 5) is 0. The third-order valence-corrected chi connectivity index (χ3v) is 2.98. The molecule has 0 saturated heterocycles. The van der Waals surface area contributed by atoms with Crippen molar-refractivity contribution in [2.24, 2.45) is 0 Å². The van der Waals surface area contributed by atoms with Crippen LogP contribution in [-0.2, 0) is 0 Å². The first-order chi connectivity index (χ1) is 8.94. The van der Waals surface area contributed by atoms with Gasteiger partial charge in [-0.15, -0.1) is 0 Å². The zero-order valence-corrected chi connectivity index (χ0v) is 12.4. The molecule has 1 heterocycles. The van der Waals surface area contributed by atoms with Gasteiger partial charge in [0.15, 0.2) is 0 Å². The largest absolute Gasteiger partial charge is 0.457 e. The average molecular weight is 278 g/mol. The summed E-state index contributed by atoms with van der Waals surface area (Å²) < 4.78 is 5.70. The summed E-state index contributed by atoms with van der Waals surface area (Å²) in [6, 6.07) is 7.66. The molecule has 0 bridgehead atoms. The summed E-state index contributed by atoms with van der Waals surface area (Å²) in [5, 5.41) is 5.22. The van der Waals surface area contributed by atoms with Gasteiger partial charge in [-0.3, -0.25) is 0 Å². The van der Waals surface area contributed by atoms with E-state index in [4.69, 9.17) is 16.0 Å². The standard InChI is InChI=1S/C16H20ClNO/c1-16(2,3)18-9-5-4-6-14-11-12-10-13(17)7-8-15(12)19-14/h4,6-8,10-11,18H,5,9H2,1-3H3/b6-4+. The van der Waals surface area contributed by atoms with Gasteiger partial charge in [-0.25, -0.2) is 0 Å². The summed E-state index contributed by atoms with van der Waals surface area (Å²) in [6.07, 6.45) is 5.12. The van der Waals surface area contributed by atoms with Crippen LogP contribution in [-0.4, -0.2) is 12.1 Å². The fourth-order valence-electron chi connectivity index (χ4n) is 1.85. The van der Waals surface area contributed by atoms with Crippen molar-refractivity contribution in [3.05, 3.63) is 41.1 Å². The van der Waals surface area contributed by atoms with E-state index in [-0.39, 0.29) is 5.54 Å². The van der Waals surface area contributed by atoms with E-state index < -0.39 is 0 Å². The number of hydrogen-bond donors (Lipinski definition) is 1. The number of hydrogen-bond acceptors (Lipinski definition) is 2. The molecule has 0 atom stereocenters. The first-order valence-electron chi connectivity index (χ1n) is 6.55. The highest BCUT2D eigenvalue weighted by Gasteiger charge is 2.06. The van der Waals surface area contributed by atoms with Crippen LogP contribution in [0.15, 0.2) is 34.8 Å². The Morgan fingerprint density at radius 2 is 2.05 bits per heavy atom. The Kier molecular flexibility index (Phi) is 4.33. The van der Waals surface area contributed by atoms with Crippen LogP contribution in [0, 0.1) is 0 Å². The van der Waals surface area contributed by atoms with Crippen LogP contribution < -0.4 is 5.32 Å². The second kappa shape index (κ2) is 5.81. The Morgan fingerprint density at radius 3 is 2.79 bits per heavy atom. The maximum absolute atomic E-state index is 5.95. The van der Waals surface area contributed by atoms with Gasteiger partial charge in [-0.1, -0.05) is 17.7 Å². The molecule has 0 amide bonds. The van der Waals surface area contributed by atoms with Gasteiger partial charge in [-0.05, 0) is 64.1 Å². The molecule has 2 rings (SSSR count). The van der Waals surface area contributed by atoms with Gasteiger partial charge in [0, 0.05) is 15.9 Å². The highest BCUT2D eigenvalue weighted by Crippen LogP contribution is 2.23. The van der Waals surface area contributed by atoms with Gasteiger partial charge in [0.05, 0.1) is 0 Å². The topological polar surface area (TPSA) is 25.2 Å². The lowest BCUT2D eigenvalue weighted by atomic mass is 10.1. The quantitative estimate of drug-likeness (QED) is 0.806. The molecule has 2 aromatic rings. The molecule has 0 aliphatic heterocycles. The molecule has 0 aliphatic carbocycles. The molecule has 2 nitrogen and oxygen atoms in total. The lowest BCUT2D eigenvalue weighted by molar-refractivity contribution is 0.431. The van der Waals surface area contributed by atoms with Crippen molar-refractivity contribution >= 4 is 28.6 Å². The molecule has 0 spiro atoms. The monoisotopic (exact) mass is 277 g/mol. The minimum atomic E-state index is 0.171. The minimum Gasteiger partial charge on any atom is -0.457 e. The summed E-state index contributed by atoms with van der Waals surface area (Å²) in [7, 11) is 0. The SMILES string of the molecule is CC(C)(C)NCC/C=C/c1cc2cc(Cl)ccc2o1. The maximum atomic E-state index is 5.95. The van der Waals surface area contributed by atoms with E-state index >= 15 is 0 Å². The number of fused-ring (bicyclic) bond motifs is 1. The summed E-state index contributed by atoms with van der Waals surface area (Å²) >= 11 is 5.95. The van der Waals surface area contributed by atoms with Crippen LogP contribution in [0.3, 0.4) is 0 Å². The van der Waals surface area contributed by atoms with Crippen molar-refractivity contribution < 1.29 is 4.42 Å². The Hall–Kier alpha value is -1.25. The van der Waals surface area contributed by atoms with Crippen LogP contribution in [0.25, 0.3) is 17.0 Å². The van der Waals surface area contributed by atoms with Crippen molar-refractivity contribution in [1.82, 2.24) is 5.32 Å². The van der Waals surface area contributed by atoms with Crippen LogP contribution in [0.2, 0.25) is 5.02 Å². The molecule has 0 saturated carbocycles. The Balaban J connectivity index is 1.94. The van der Waals surface area contributed by atoms with Gasteiger partial charge < -0.3 is 9.73 Å². The molecule has 0 aliphatic rings. The van der Waals surface area contributed by atoms with E-state index in [2.05, 4.69) is 32.2 Å². The zero-order valence-electron chi connectivity index (χ0n) is 11.7. The zero-order chi connectivity index (χ0) is 13.9. The molecule has 0 fully saturated rings. The van der Waals surface area contributed by atoms with Crippen LogP contribution in [0.4, 0.5) is 0 Å². The number of nitrogens with one attached hydrogen (secondary N) is 1. The Bertz CT molecular complexity index is 578. The van der Waals surface area contributed by atoms with Crippen molar-refractivity contribution in [3.63, 3.8) is 0 Å². The molecule has 0 unspecified atom stereocenters. The maximum Gasteiger partial charge on any atom is 0.134 e. The number of benzene rings is 1. The molecule has 1 aromatic heterocycles.